The van der Waals surface area contributed by atoms with Gasteiger partial charge in [-0.3, -0.25) is 0 Å². The van der Waals surface area contributed by atoms with Gasteiger partial charge in [0.2, 0.25) is 5.95 Å². The predicted octanol–water partition coefficient (Wildman–Crippen LogP) is 1.56. The van der Waals surface area contributed by atoms with E-state index in [1.807, 2.05) is 37.3 Å². The first-order valence-electron chi connectivity index (χ1n) is 5.62. The van der Waals surface area contributed by atoms with Crippen LogP contribution < -0.4 is 5.32 Å². The van der Waals surface area contributed by atoms with Gasteiger partial charge in [-0.1, -0.05) is 17.3 Å². The molecule has 0 radical (unpaired) electrons. The molecule has 0 unspecified atom stereocenters. The minimum Gasteiger partial charge on any atom is -0.357 e. The van der Waals surface area contributed by atoms with Gasteiger partial charge >= 0.3 is 0 Å². The molecule has 6 heteroatoms. The van der Waals surface area contributed by atoms with E-state index in [0.29, 0.717) is 11.8 Å². The number of para-hydroxylation sites is 1. The van der Waals surface area contributed by atoms with Crippen molar-refractivity contribution in [1.82, 2.24) is 25.0 Å². The van der Waals surface area contributed by atoms with E-state index in [1.54, 1.807) is 11.7 Å². The summed E-state index contributed by atoms with van der Waals surface area (Å²) in [7, 11) is 1.79. The molecule has 0 saturated heterocycles. The van der Waals surface area contributed by atoms with Gasteiger partial charge in [0.25, 0.3) is 0 Å². The molecule has 0 amide bonds. The second kappa shape index (κ2) is 4.06. The van der Waals surface area contributed by atoms with Crippen molar-refractivity contribution in [2.24, 2.45) is 0 Å². The molecule has 0 aliphatic rings. The molecule has 2 heterocycles. The number of benzene rings is 1. The Morgan fingerprint density at radius 2 is 2.00 bits per heavy atom. The Bertz CT molecular complexity index is 703. The maximum atomic E-state index is 4.38. The van der Waals surface area contributed by atoms with Crippen LogP contribution in [0.1, 0.15) is 5.69 Å². The summed E-state index contributed by atoms with van der Waals surface area (Å²) < 4.78 is 1.71. The molecule has 6 nitrogen and oxygen atoms in total. The summed E-state index contributed by atoms with van der Waals surface area (Å²) in [6, 6.07) is 9.65. The molecule has 1 aromatic carbocycles. The first-order chi connectivity index (χ1) is 8.78. The molecule has 0 aliphatic heterocycles. The maximum absolute atomic E-state index is 4.38. The molecular weight excluding hydrogens is 228 g/mol. The molecule has 90 valence electrons. The molecule has 18 heavy (non-hydrogen) atoms. The first-order valence-corrected chi connectivity index (χ1v) is 5.62. The fourth-order valence-electron chi connectivity index (χ4n) is 1.81. The van der Waals surface area contributed by atoms with E-state index >= 15 is 0 Å². The number of aromatic nitrogens is 5. The van der Waals surface area contributed by atoms with Crippen molar-refractivity contribution in [3.63, 3.8) is 0 Å². The zero-order valence-corrected chi connectivity index (χ0v) is 10.1. The van der Waals surface area contributed by atoms with Crippen LogP contribution in [-0.2, 0) is 0 Å². The molecule has 1 N–H and O–H groups in total. The van der Waals surface area contributed by atoms with Crippen LogP contribution in [0.25, 0.3) is 16.9 Å². The Morgan fingerprint density at radius 3 is 2.83 bits per heavy atom. The Hall–Kier alpha value is -2.50. The summed E-state index contributed by atoms with van der Waals surface area (Å²) in [5, 5.41) is 11.2. The summed E-state index contributed by atoms with van der Waals surface area (Å²) in [4.78, 5) is 8.64. The number of nitrogens with one attached hydrogen (secondary N) is 1. The van der Waals surface area contributed by atoms with E-state index in [0.717, 1.165) is 16.7 Å². The van der Waals surface area contributed by atoms with E-state index in [4.69, 9.17) is 0 Å². The molecule has 0 spiro atoms. The third kappa shape index (κ3) is 1.67. The topological polar surface area (TPSA) is 68.5 Å². The second-order valence-corrected chi connectivity index (χ2v) is 3.93. The summed E-state index contributed by atoms with van der Waals surface area (Å²) in [6.07, 6.45) is 0. The molecule has 3 aromatic rings. The third-order valence-electron chi connectivity index (χ3n) is 2.63. The lowest BCUT2D eigenvalue weighted by atomic mass is 10.3. The number of nitrogens with zero attached hydrogens (tertiary/aromatic N) is 5. The quantitative estimate of drug-likeness (QED) is 0.736. The molecule has 0 aliphatic carbocycles. The van der Waals surface area contributed by atoms with Crippen molar-refractivity contribution in [3.05, 3.63) is 36.0 Å². The van der Waals surface area contributed by atoms with Crippen molar-refractivity contribution < 1.29 is 0 Å². The number of hydrogen-bond acceptors (Lipinski definition) is 5. The summed E-state index contributed by atoms with van der Waals surface area (Å²) in [5.74, 6) is 1.28. The Morgan fingerprint density at radius 1 is 1.17 bits per heavy atom. The van der Waals surface area contributed by atoms with Crippen molar-refractivity contribution in [2.75, 3.05) is 12.4 Å². The largest absolute Gasteiger partial charge is 0.357 e. The summed E-state index contributed by atoms with van der Waals surface area (Å²) in [5.41, 5.74) is 2.65. The molecule has 2 aromatic heterocycles. The van der Waals surface area contributed by atoms with Crippen LogP contribution in [0.5, 0.6) is 0 Å². The van der Waals surface area contributed by atoms with Crippen LogP contribution in [0.4, 0.5) is 5.95 Å². The fraction of sp³-hybridized carbons (Fsp3) is 0.167. The zero-order chi connectivity index (χ0) is 12.5. The van der Waals surface area contributed by atoms with Gasteiger partial charge in [0.15, 0.2) is 5.82 Å². The normalized spacial score (nSPS) is 10.8. The van der Waals surface area contributed by atoms with Crippen LogP contribution >= 0.6 is 0 Å². The van der Waals surface area contributed by atoms with Crippen molar-refractivity contribution in [3.8, 4) is 5.82 Å². The van der Waals surface area contributed by atoms with E-state index in [-0.39, 0.29) is 0 Å². The maximum Gasteiger partial charge on any atom is 0.224 e. The second-order valence-electron chi connectivity index (χ2n) is 3.93. The van der Waals surface area contributed by atoms with Gasteiger partial charge in [0.05, 0.1) is 5.52 Å². The zero-order valence-electron chi connectivity index (χ0n) is 10.1. The standard InChI is InChI=1S/C12H12N6/c1-8-7-11(15-12(13-2)14-8)18-10-6-4-3-5-9(10)16-17-18/h3-7H,1-2H3,(H,13,14,15). The predicted molar refractivity (Wildman–Crippen MR) is 68.7 cm³/mol. The molecule has 0 atom stereocenters. The monoisotopic (exact) mass is 240 g/mol. The summed E-state index contributed by atoms with van der Waals surface area (Å²) >= 11 is 0. The molecular formula is C12H12N6. The lowest BCUT2D eigenvalue weighted by molar-refractivity contribution is 0.795. The van der Waals surface area contributed by atoms with Crippen molar-refractivity contribution in [1.29, 1.82) is 0 Å². The van der Waals surface area contributed by atoms with E-state index in [9.17, 15) is 0 Å². The Balaban J connectivity index is 2.22. The fourth-order valence-corrected chi connectivity index (χ4v) is 1.81. The minimum atomic E-state index is 0.574. The lowest BCUT2D eigenvalue weighted by Crippen LogP contribution is -2.05. The van der Waals surface area contributed by atoms with Crippen molar-refractivity contribution >= 4 is 17.0 Å². The number of fused-ring (bicyclic) bond motifs is 1. The average Bonchev–Trinajstić information content (AvgIpc) is 2.81. The minimum absolute atomic E-state index is 0.574. The third-order valence-corrected chi connectivity index (χ3v) is 2.63. The molecule has 0 bridgehead atoms. The van der Waals surface area contributed by atoms with Gasteiger partial charge in [0, 0.05) is 18.8 Å². The van der Waals surface area contributed by atoms with Gasteiger partial charge in [-0.05, 0) is 19.1 Å². The highest BCUT2D eigenvalue weighted by Gasteiger charge is 2.08. The van der Waals surface area contributed by atoms with E-state index < -0.39 is 0 Å². The molecule has 0 fully saturated rings. The van der Waals surface area contributed by atoms with Crippen LogP contribution in [0, 0.1) is 6.92 Å². The highest BCUT2D eigenvalue weighted by molar-refractivity contribution is 5.75. The Kier molecular flexibility index (Phi) is 2.40. The van der Waals surface area contributed by atoms with Gasteiger partial charge in [-0.25, -0.2) is 4.98 Å². The van der Waals surface area contributed by atoms with Gasteiger partial charge < -0.3 is 5.32 Å². The van der Waals surface area contributed by atoms with Crippen LogP contribution in [-0.4, -0.2) is 32.0 Å². The van der Waals surface area contributed by atoms with Gasteiger partial charge in [-0.15, -0.1) is 5.10 Å². The van der Waals surface area contributed by atoms with Crippen LogP contribution in [0.2, 0.25) is 0 Å². The average molecular weight is 240 g/mol. The first kappa shape index (κ1) is 10.6. The van der Waals surface area contributed by atoms with Crippen LogP contribution in [0.3, 0.4) is 0 Å². The smallest absolute Gasteiger partial charge is 0.224 e. The number of rotatable bonds is 2. The SMILES string of the molecule is CNc1nc(C)cc(-n2nnc3ccccc32)n1. The van der Waals surface area contributed by atoms with E-state index in [1.165, 1.54) is 0 Å². The number of hydrogen-bond donors (Lipinski definition) is 1. The van der Waals surface area contributed by atoms with E-state index in [2.05, 4.69) is 25.6 Å². The van der Waals surface area contributed by atoms with Gasteiger partial charge in [0.1, 0.15) is 5.52 Å². The highest BCUT2D eigenvalue weighted by Crippen LogP contribution is 2.15. The summed E-state index contributed by atoms with van der Waals surface area (Å²) in [6.45, 7) is 1.92. The van der Waals surface area contributed by atoms with Crippen molar-refractivity contribution in [2.45, 2.75) is 6.92 Å². The van der Waals surface area contributed by atoms with Gasteiger partial charge in [-0.2, -0.15) is 9.67 Å². The molecule has 0 saturated carbocycles. The highest BCUT2D eigenvalue weighted by atomic mass is 15.4. The molecule has 3 rings (SSSR count). The number of anilines is 1. The Labute approximate surface area is 104 Å². The number of aryl methyl sites for hydroxylation is 1. The van der Waals surface area contributed by atoms with Crippen LogP contribution in [0.15, 0.2) is 30.3 Å². The lowest BCUT2D eigenvalue weighted by Gasteiger charge is -2.05.